The first kappa shape index (κ1) is 10.8. The Morgan fingerprint density at radius 3 is 2.62 bits per heavy atom. The lowest BCUT2D eigenvalue weighted by atomic mass is 10.1. The molecule has 2 N–H and O–H groups in total. The zero-order valence-electron chi connectivity index (χ0n) is 6.48. The van der Waals surface area contributed by atoms with Crippen LogP contribution in [0, 0.1) is 0 Å². The summed E-state index contributed by atoms with van der Waals surface area (Å²) in [6.07, 6.45) is 0. The van der Waals surface area contributed by atoms with Gasteiger partial charge in [-0.3, -0.25) is 4.79 Å². The SMILES string of the molecule is Nc1cc(Cl)c(C(=O)CCl)c(Br)c1. The van der Waals surface area contributed by atoms with E-state index in [9.17, 15) is 4.79 Å². The molecule has 1 aromatic rings. The van der Waals surface area contributed by atoms with Crippen LogP contribution in [-0.4, -0.2) is 11.7 Å². The van der Waals surface area contributed by atoms with Gasteiger partial charge in [0.15, 0.2) is 5.78 Å². The van der Waals surface area contributed by atoms with Crippen LogP contribution in [0.2, 0.25) is 5.02 Å². The lowest BCUT2D eigenvalue weighted by Gasteiger charge is -2.05. The molecule has 1 rings (SSSR count). The van der Waals surface area contributed by atoms with Crippen LogP contribution in [0.5, 0.6) is 0 Å². The second kappa shape index (κ2) is 4.31. The Labute approximate surface area is 94.1 Å². The van der Waals surface area contributed by atoms with Gasteiger partial charge in [-0.1, -0.05) is 11.6 Å². The van der Waals surface area contributed by atoms with E-state index in [0.29, 0.717) is 20.7 Å². The molecule has 2 nitrogen and oxygen atoms in total. The van der Waals surface area contributed by atoms with Gasteiger partial charge in [-0.2, -0.15) is 0 Å². The van der Waals surface area contributed by atoms with Crippen LogP contribution in [0.1, 0.15) is 10.4 Å². The number of rotatable bonds is 2. The number of hydrogen-bond donors (Lipinski definition) is 1. The van der Waals surface area contributed by atoms with Gasteiger partial charge in [0, 0.05) is 10.2 Å². The normalized spacial score (nSPS) is 10.1. The largest absolute Gasteiger partial charge is 0.399 e. The zero-order chi connectivity index (χ0) is 10.0. The molecule has 0 heterocycles. The zero-order valence-corrected chi connectivity index (χ0v) is 9.58. The average molecular weight is 283 g/mol. The van der Waals surface area contributed by atoms with Crippen LogP contribution in [0.15, 0.2) is 16.6 Å². The van der Waals surface area contributed by atoms with Crippen LogP contribution in [0.25, 0.3) is 0 Å². The fourth-order valence-electron chi connectivity index (χ4n) is 0.926. The summed E-state index contributed by atoms with van der Waals surface area (Å²) in [4.78, 5) is 11.3. The van der Waals surface area contributed by atoms with Crippen molar-refractivity contribution in [2.24, 2.45) is 0 Å². The molecule has 0 aliphatic rings. The van der Waals surface area contributed by atoms with Gasteiger partial charge in [0.1, 0.15) is 0 Å². The number of carbonyl (C=O) groups is 1. The predicted octanol–water partition coefficient (Wildman–Crippen LogP) is 3.11. The molecule has 5 heteroatoms. The molecule has 0 aliphatic heterocycles. The molecular weight excluding hydrogens is 277 g/mol. The highest BCUT2D eigenvalue weighted by Crippen LogP contribution is 2.28. The molecule has 0 aromatic heterocycles. The number of hydrogen-bond acceptors (Lipinski definition) is 2. The van der Waals surface area contributed by atoms with Crippen LogP contribution < -0.4 is 5.73 Å². The fourth-order valence-corrected chi connectivity index (χ4v) is 2.21. The first-order chi connectivity index (χ1) is 6.06. The number of ketones is 1. The summed E-state index contributed by atoms with van der Waals surface area (Å²) in [5, 5.41) is 0.317. The molecule has 70 valence electrons. The van der Waals surface area contributed by atoms with Crippen molar-refractivity contribution in [3.63, 3.8) is 0 Å². The number of nitrogens with two attached hydrogens (primary N) is 1. The van der Waals surface area contributed by atoms with E-state index in [1.807, 2.05) is 0 Å². The lowest BCUT2D eigenvalue weighted by Crippen LogP contribution is -2.03. The summed E-state index contributed by atoms with van der Waals surface area (Å²) in [7, 11) is 0. The van der Waals surface area contributed by atoms with Crippen LogP contribution in [0.4, 0.5) is 5.69 Å². The van der Waals surface area contributed by atoms with Crippen molar-refractivity contribution >= 4 is 50.6 Å². The van der Waals surface area contributed by atoms with E-state index in [-0.39, 0.29) is 11.7 Å². The third-order valence-corrected chi connectivity index (χ3v) is 2.63. The summed E-state index contributed by atoms with van der Waals surface area (Å²) >= 11 is 14.4. The quantitative estimate of drug-likeness (QED) is 0.515. The standard InChI is InChI=1S/C8H6BrCl2NO/c9-5-1-4(12)2-6(11)8(5)7(13)3-10/h1-2H,3,12H2. The van der Waals surface area contributed by atoms with Crippen molar-refractivity contribution in [1.29, 1.82) is 0 Å². The lowest BCUT2D eigenvalue weighted by molar-refractivity contribution is 0.102. The van der Waals surface area contributed by atoms with Gasteiger partial charge < -0.3 is 5.73 Å². The van der Waals surface area contributed by atoms with E-state index in [4.69, 9.17) is 28.9 Å². The van der Waals surface area contributed by atoms with E-state index >= 15 is 0 Å². The molecule has 0 amide bonds. The Hall–Kier alpha value is -0.250. The second-order valence-corrected chi connectivity index (χ2v) is 3.95. The molecule has 0 bridgehead atoms. The van der Waals surface area contributed by atoms with Gasteiger partial charge in [-0.25, -0.2) is 0 Å². The van der Waals surface area contributed by atoms with E-state index < -0.39 is 0 Å². The summed E-state index contributed by atoms with van der Waals surface area (Å²) in [6.45, 7) is 0. The van der Waals surface area contributed by atoms with Gasteiger partial charge in [-0.05, 0) is 28.1 Å². The highest BCUT2D eigenvalue weighted by atomic mass is 79.9. The number of Topliss-reactive ketones (excluding diaryl/α,β-unsaturated/α-hetero) is 1. The van der Waals surface area contributed by atoms with E-state index in [1.165, 1.54) is 6.07 Å². The first-order valence-corrected chi connectivity index (χ1v) is 5.10. The molecule has 0 saturated heterocycles. The Kier molecular flexibility index (Phi) is 3.59. The molecule has 0 aliphatic carbocycles. The van der Waals surface area contributed by atoms with Crippen LogP contribution in [-0.2, 0) is 0 Å². The molecule has 0 fully saturated rings. The minimum atomic E-state index is -0.224. The second-order valence-electron chi connectivity index (χ2n) is 2.42. The van der Waals surface area contributed by atoms with E-state index in [1.54, 1.807) is 6.07 Å². The number of alkyl halides is 1. The maximum atomic E-state index is 11.3. The molecule has 0 unspecified atom stereocenters. The minimum absolute atomic E-state index is 0.0950. The van der Waals surface area contributed by atoms with Gasteiger partial charge >= 0.3 is 0 Å². The maximum Gasteiger partial charge on any atom is 0.180 e. The Bertz CT molecular complexity index is 331. The number of carbonyl (C=O) groups excluding carboxylic acids is 1. The maximum absolute atomic E-state index is 11.3. The third-order valence-electron chi connectivity index (χ3n) is 1.46. The predicted molar refractivity (Wildman–Crippen MR) is 58.6 cm³/mol. The van der Waals surface area contributed by atoms with Crippen molar-refractivity contribution in [2.75, 3.05) is 11.6 Å². The third kappa shape index (κ3) is 2.36. The fraction of sp³-hybridized carbons (Fsp3) is 0.125. The molecule has 0 radical (unpaired) electrons. The Morgan fingerprint density at radius 1 is 1.54 bits per heavy atom. The monoisotopic (exact) mass is 281 g/mol. The molecule has 1 aromatic carbocycles. The van der Waals surface area contributed by atoms with Gasteiger partial charge in [0.05, 0.1) is 16.5 Å². The summed E-state index contributed by atoms with van der Waals surface area (Å²) in [5.74, 6) is -0.319. The number of benzene rings is 1. The first-order valence-electron chi connectivity index (χ1n) is 3.40. The van der Waals surface area contributed by atoms with Crippen molar-refractivity contribution in [1.82, 2.24) is 0 Å². The number of nitrogen functional groups attached to an aromatic ring is 1. The highest BCUT2D eigenvalue weighted by molar-refractivity contribution is 9.10. The topological polar surface area (TPSA) is 43.1 Å². The van der Waals surface area contributed by atoms with Crippen molar-refractivity contribution < 1.29 is 4.79 Å². The molecule has 13 heavy (non-hydrogen) atoms. The number of anilines is 1. The minimum Gasteiger partial charge on any atom is -0.399 e. The molecule has 0 saturated carbocycles. The average Bonchev–Trinajstić information content (AvgIpc) is 2.02. The van der Waals surface area contributed by atoms with Crippen molar-refractivity contribution in [3.8, 4) is 0 Å². The summed E-state index contributed by atoms with van der Waals surface area (Å²) in [6, 6.07) is 3.14. The van der Waals surface area contributed by atoms with Crippen molar-refractivity contribution in [2.45, 2.75) is 0 Å². The summed E-state index contributed by atoms with van der Waals surface area (Å²) < 4.78 is 0.572. The van der Waals surface area contributed by atoms with E-state index in [2.05, 4.69) is 15.9 Å². The van der Waals surface area contributed by atoms with Gasteiger partial charge in [-0.15, -0.1) is 11.6 Å². The Balaban J connectivity index is 3.28. The van der Waals surface area contributed by atoms with E-state index in [0.717, 1.165) is 0 Å². The van der Waals surface area contributed by atoms with Crippen LogP contribution >= 0.6 is 39.1 Å². The molecule has 0 atom stereocenters. The van der Waals surface area contributed by atoms with Crippen LogP contribution in [0.3, 0.4) is 0 Å². The van der Waals surface area contributed by atoms with Gasteiger partial charge in [0.2, 0.25) is 0 Å². The smallest absolute Gasteiger partial charge is 0.180 e. The Morgan fingerprint density at radius 2 is 2.15 bits per heavy atom. The molecule has 0 spiro atoms. The summed E-state index contributed by atoms with van der Waals surface area (Å²) in [5.41, 5.74) is 6.39. The van der Waals surface area contributed by atoms with Crippen molar-refractivity contribution in [3.05, 3.63) is 27.2 Å². The highest BCUT2D eigenvalue weighted by Gasteiger charge is 2.13. The van der Waals surface area contributed by atoms with Gasteiger partial charge in [0.25, 0.3) is 0 Å². The number of halogens is 3. The molecular formula is C8H6BrCl2NO.